The van der Waals surface area contributed by atoms with Gasteiger partial charge in [-0.05, 0) is 12.1 Å². The molecule has 0 aliphatic rings. The van der Waals surface area contributed by atoms with Crippen LogP contribution in [0.3, 0.4) is 0 Å². The lowest BCUT2D eigenvalue weighted by Gasteiger charge is -2.07. The highest BCUT2D eigenvalue weighted by atomic mass is 32.3. The van der Waals surface area contributed by atoms with Gasteiger partial charge >= 0.3 is 10.4 Å². The van der Waals surface area contributed by atoms with Crippen LogP contribution in [0.25, 0.3) is 0 Å². The van der Waals surface area contributed by atoms with Gasteiger partial charge in [0.15, 0.2) is 0 Å². The highest BCUT2D eigenvalue weighted by Crippen LogP contribution is 2.26. The van der Waals surface area contributed by atoms with Gasteiger partial charge in [-0.25, -0.2) is 0 Å². The summed E-state index contributed by atoms with van der Waals surface area (Å²) in [5.74, 6) is -1.72. The molecule has 0 atom stereocenters. The Bertz CT molecular complexity index is 651. The third-order valence-electron chi connectivity index (χ3n) is 1.73. The van der Waals surface area contributed by atoms with Gasteiger partial charge in [0.25, 0.3) is 10.1 Å². The molecule has 0 fully saturated rings. The summed E-state index contributed by atoms with van der Waals surface area (Å²) in [6.07, 6.45) is 0. The van der Waals surface area contributed by atoms with E-state index in [2.05, 4.69) is 7.81 Å². The maximum atomic E-state index is 11.3. The molecule has 0 spiro atoms. The highest BCUT2D eigenvalue weighted by molar-refractivity contribution is 7.97. The van der Waals surface area contributed by atoms with Crippen molar-refractivity contribution in [2.75, 3.05) is 18.1 Å². The molecular weight excluding hydrogens is 302 g/mol. The topological polar surface area (TPSA) is 153 Å². The first kappa shape index (κ1) is 15.5. The first-order chi connectivity index (χ1) is 8.65. The lowest BCUT2D eigenvalue weighted by molar-refractivity contribution is 0.314. The number of hydrogen-bond donors (Lipinski definition) is 3. The Morgan fingerprint density at radius 3 is 2.37 bits per heavy atom. The summed E-state index contributed by atoms with van der Waals surface area (Å²) in [5.41, 5.74) is 5.27. The summed E-state index contributed by atoms with van der Waals surface area (Å²) in [5, 5.41) is 17.6. The second kappa shape index (κ2) is 5.61. The number of anilines is 1. The van der Waals surface area contributed by atoms with E-state index in [9.17, 15) is 21.9 Å². The average molecular weight is 313 g/mol. The fourth-order valence-electron chi connectivity index (χ4n) is 0.980. The molecule has 0 aliphatic heterocycles. The van der Waals surface area contributed by atoms with E-state index in [1.807, 2.05) is 0 Å². The van der Waals surface area contributed by atoms with Crippen molar-refractivity contribution in [2.24, 2.45) is 0 Å². The molecule has 1 aromatic carbocycles. The van der Waals surface area contributed by atoms with Crippen LogP contribution in [0, 0.1) is 0 Å². The van der Waals surface area contributed by atoms with Gasteiger partial charge in [-0.3, -0.25) is 0 Å². The molecular formula is C8H11NO8S2. The zero-order valence-electron chi connectivity index (χ0n) is 9.38. The molecule has 1 aromatic rings. The van der Waals surface area contributed by atoms with E-state index in [1.54, 1.807) is 0 Å². The van der Waals surface area contributed by atoms with Gasteiger partial charge in [0.2, 0.25) is 0 Å². The lowest BCUT2D eigenvalue weighted by Crippen LogP contribution is -2.21. The highest BCUT2D eigenvalue weighted by Gasteiger charge is 2.24. The Morgan fingerprint density at radius 2 is 1.84 bits per heavy atom. The van der Waals surface area contributed by atoms with Gasteiger partial charge in [-0.1, -0.05) is 0 Å². The summed E-state index contributed by atoms with van der Waals surface area (Å²) in [6.45, 7) is -0.805. The van der Waals surface area contributed by atoms with Crippen molar-refractivity contribution in [2.45, 2.75) is 0 Å². The number of aliphatic hydroxyl groups is 1. The Morgan fingerprint density at radius 1 is 1.21 bits per heavy atom. The van der Waals surface area contributed by atoms with Crippen LogP contribution in [-0.4, -0.2) is 39.4 Å². The molecule has 11 heteroatoms. The number of aromatic hydroxyl groups is 1. The van der Waals surface area contributed by atoms with Crippen LogP contribution in [0.4, 0.5) is 5.69 Å². The molecule has 0 radical (unpaired) electrons. The summed E-state index contributed by atoms with van der Waals surface area (Å²) in [4.78, 5) is 0. The number of rotatable bonds is 6. The van der Waals surface area contributed by atoms with Crippen molar-refractivity contribution in [1.82, 2.24) is 0 Å². The lowest BCUT2D eigenvalue weighted by atomic mass is 10.3. The van der Waals surface area contributed by atoms with Crippen LogP contribution < -0.4 is 9.92 Å². The second-order valence-corrected chi connectivity index (χ2v) is 6.32. The number of phenols is 1. The van der Waals surface area contributed by atoms with Crippen molar-refractivity contribution in [1.29, 1.82) is 0 Å². The fraction of sp³-hybridized carbons (Fsp3) is 0.250. The molecule has 0 aliphatic carbocycles. The Hall–Kier alpha value is -1.56. The van der Waals surface area contributed by atoms with Gasteiger partial charge in [0, 0.05) is 6.07 Å². The standard InChI is InChI=1S/C8H11NO8S2/c9-7-2-1-6(5-8(7)11)16-19(14,15)17-18(12,13)4-3-10/h1-2,5,10-11H,3-4,9H2. The van der Waals surface area contributed by atoms with E-state index >= 15 is 0 Å². The van der Waals surface area contributed by atoms with Gasteiger partial charge in [-0.2, -0.15) is 16.8 Å². The maximum absolute atomic E-state index is 11.3. The molecule has 1 rings (SSSR count). The minimum absolute atomic E-state index is 0.0152. The Balaban J connectivity index is 2.88. The Kier molecular flexibility index (Phi) is 4.57. The monoisotopic (exact) mass is 313 g/mol. The predicted molar refractivity (Wildman–Crippen MR) is 64.0 cm³/mol. The predicted octanol–water partition coefficient (Wildman–Crippen LogP) is -1.06. The molecule has 0 bridgehead atoms. The molecule has 4 N–H and O–H groups in total. The maximum Gasteiger partial charge on any atom is 0.464 e. The number of nitrogens with two attached hydrogens (primary N) is 1. The number of aliphatic hydroxyl groups excluding tert-OH is 1. The first-order valence-electron chi connectivity index (χ1n) is 4.73. The van der Waals surface area contributed by atoms with Gasteiger partial charge in [0.1, 0.15) is 11.5 Å². The molecule has 0 saturated heterocycles. The quantitative estimate of drug-likeness (QED) is 0.440. The molecule has 19 heavy (non-hydrogen) atoms. The van der Waals surface area contributed by atoms with Crippen LogP contribution in [0.2, 0.25) is 0 Å². The molecule has 9 nitrogen and oxygen atoms in total. The van der Waals surface area contributed by atoms with Gasteiger partial charge in [-0.15, -0.1) is 3.63 Å². The minimum Gasteiger partial charge on any atom is -0.506 e. The summed E-state index contributed by atoms with van der Waals surface area (Å²) in [6, 6.07) is 3.12. The van der Waals surface area contributed by atoms with Crippen LogP contribution in [-0.2, 0) is 24.1 Å². The van der Waals surface area contributed by atoms with Crippen LogP contribution in [0.1, 0.15) is 0 Å². The average Bonchev–Trinajstić information content (AvgIpc) is 2.21. The van der Waals surface area contributed by atoms with E-state index in [1.165, 1.54) is 0 Å². The van der Waals surface area contributed by atoms with Crippen LogP contribution in [0.15, 0.2) is 18.2 Å². The fourth-order valence-corrected chi connectivity index (χ4v) is 2.94. The van der Waals surface area contributed by atoms with Crippen molar-refractivity contribution >= 4 is 26.2 Å². The SMILES string of the molecule is Nc1ccc(OS(=O)(=O)OS(=O)(=O)CCO)cc1O. The van der Waals surface area contributed by atoms with E-state index in [-0.39, 0.29) is 11.4 Å². The molecule has 0 aromatic heterocycles. The molecule has 0 saturated carbocycles. The summed E-state index contributed by atoms with van der Waals surface area (Å²) in [7, 11) is -9.37. The number of nitrogen functional groups attached to an aromatic ring is 1. The normalized spacial score (nSPS) is 12.3. The zero-order chi connectivity index (χ0) is 14.7. The largest absolute Gasteiger partial charge is 0.506 e. The Labute approximate surface area is 109 Å². The van der Waals surface area contributed by atoms with E-state index < -0.39 is 38.6 Å². The third kappa shape index (κ3) is 4.90. The molecule has 0 unspecified atom stereocenters. The smallest absolute Gasteiger partial charge is 0.464 e. The van der Waals surface area contributed by atoms with E-state index in [0.717, 1.165) is 18.2 Å². The van der Waals surface area contributed by atoms with Crippen molar-refractivity contribution in [3.8, 4) is 11.5 Å². The minimum atomic E-state index is -4.90. The van der Waals surface area contributed by atoms with E-state index in [0.29, 0.717) is 0 Å². The third-order valence-corrected chi connectivity index (χ3v) is 4.30. The van der Waals surface area contributed by atoms with Crippen LogP contribution in [0.5, 0.6) is 11.5 Å². The van der Waals surface area contributed by atoms with Crippen molar-refractivity contribution < 1.29 is 34.9 Å². The second-order valence-electron chi connectivity index (χ2n) is 3.27. The number of hydrogen-bond acceptors (Lipinski definition) is 9. The van der Waals surface area contributed by atoms with Crippen molar-refractivity contribution in [3.05, 3.63) is 18.2 Å². The number of phenolic OH excluding ortho intramolecular Hbond substituents is 1. The first-order valence-corrected chi connectivity index (χ1v) is 7.64. The van der Waals surface area contributed by atoms with Gasteiger partial charge in [0.05, 0.1) is 18.0 Å². The van der Waals surface area contributed by atoms with Crippen molar-refractivity contribution in [3.63, 3.8) is 0 Å². The molecule has 0 amide bonds. The molecule has 0 heterocycles. The number of benzene rings is 1. The zero-order valence-corrected chi connectivity index (χ0v) is 11.0. The summed E-state index contributed by atoms with van der Waals surface area (Å²) < 4.78 is 52.7. The summed E-state index contributed by atoms with van der Waals surface area (Å²) >= 11 is 0. The van der Waals surface area contributed by atoms with E-state index in [4.69, 9.17) is 10.8 Å². The van der Waals surface area contributed by atoms with Crippen LogP contribution >= 0.6 is 0 Å². The molecule has 108 valence electrons. The van der Waals surface area contributed by atoms with Gasteiger partial charge < -0.3 is 20.1 Å².